The number of hydrogen-bond acceptors (Lipinski definition) is 3. The van der Waals surface area contributed by atoms with Gasteiger partial charge in [-0.15, -0.1) is 0 Å². The number of aliphatic carboxylic acids is 1. The average Bonchev–Trinajstić information content (AvgIpc) is 2.46. The normalized spacial score (nSPS) is 22.8. The van der Waals surface area contributed by atoms with Crippen molar-refractivity contribution in [2.75, 3.05) is 19.0 Å². The first kappa shape index (κ1) is 13.7. The molecule has 0 aliphatic heterocycles. The minimum absolute atomic E-state index is 0.128. The van der Waals surface area contributed by atoms with Crippen LogP contribution in [-0.4, -0.2) is 24.7 Å². The zero-order valence-corrected chi connectivity index (χ0v) is 11.3. The van der Waals surface area contributed by atoms with Crippen LogP contribution in [0.4, 0.5) is 5.69 Å². The van der Waals surface area contributed by atoms with Gasteiger partial charge in [0.2, 0.25) is 0 Å². The molecule has 2 N–H and O–H groups in total. The molecule has 1 aliphatic rings. The van der Waals surface area contributed by atoms with Crippen LogP contribution in [0.1, 0.15) is 25.7 Å². The zero-order chi connectivity index (χ0) is 13.7. The lowest BCUT2D eigenvalue weighted by molar-refractivity contribution is -0.143. The van der Waals surface area contributed by atoms with Crippen LogP contribution < -0.4 is 10.1 Å². The van der Waals surface area contributed by atoms with Crippen LogP contribution >= 0.6 is 0 Å². The molecule has 4 heteroatoms. The summed E-state index contributed by atoms with van der Waals surface area (Å²) in [4.78, 5) is 10.9. The number of hydrogen-bond donors (Lipinski definition) is 2. The first-order valence-electron chi connectivity index (χ1n) is 6.79. The smallest absolute Gasteiger partial charge is 0.306 e. The molecule has 4 nitrogen and oxygen atoms in total. The minimum atomic E-state index is -0.637. The molecular weight excluding hydrogens is 242 g/mol. The van der Waals surface area contributed by atoms with Gasteiger partial charge < -0.3 is 15.2 Å². The molecule has 1 saturated carbocycles. The van der Waals surface area contributed by atoms with Gasteiger partial charge in [0.15, 0.2) is 0 Å². The van der Waals surface area contributed by atoms with Crippen molar-refractivity contribution in [2.24, 2.45) is 11.8 Å². The van der Waals surface area contributed by atoms with Gasteiger partial charge in [0.25, 0.3) is 0 Å². The molecule has 0 unspecified atom stereocenters. The molecule has 1 aromatic carbocycles. The number of carboxylic acid groups (broad SMARTS) is 1. The highest BCUT2D eigenvalue weighted by molar-refractivity contribution is 5.70. The third kappa shape index (κ3) is 3.88. The second-order valence-corrected chi connectivity index (χ2v) is 5.17. The van der Waals surface area contributed by atoms with Crippen molar-refractivity contribution >= 4 is 11.7 Å². The van der Waals surface area contributed by atoms with Crippen molar-refractivity contribution in [2.45, 2.75) is 25.7 Å². The predicted octanol–water partition coefficient (Wildman–Crippen LogP) is 3.00. The van der Waals surface area contributed by atoms with Crippen LogP contribution in [0.15, 0.2) is 24.3 Å². The maximum absolute atomic E-state index is 10.9. The Morgan fingerprint density at radius 3 is 2.42 bits per heavy atom. The number of carbonyl (C=O) groups is 1. The molecule has 0 amide bonds. The van der Waals surface area contributed by atoms with Gasteiger partial charge in [-0.1, -0.05) is 0 Å². The molecule has 1 aromatic rings. The summed E-state index contributed by atoms with van der Waals surface area (Å²) in [6.07, 6.45) is 3.62. The summed E-state index contributed by atoms with van der Waals surface area (Å²) in [5.74, 6) is 0.670. The standard InChI is InChI=1S/C15H21NO3/c1-19-14-8-6-13(7-9-14)16-10-11-2-4-12(5-3-11)15(17)18/h6-9,11-12,16H,2-5,10H2,1H3,(H,17,18). The van der Waals surface area contributed by atoms with E-state index in [2.05, 4.69) is 5.32 Å². The van der Waals surface area contributed by atoms with Gasteiger partial charge >= 0.3 is 5.97 Å². The Morgan fingerprint density at radius 1 is 1.26 bits per heavy atom. The number of rotatable bonds is 5. The summed E-state index contributed by atoms with van der Waals surface area (Å²) in [5.41, 5.74) is 1.08. The van der Waals surface area contributed by atoms with Crippen molar-refractivity contribution in [3.05, 3.63) is 24.3 Å². The van der Waals surface area contributed by atoms with E-state index in [1.54, 1.807) is 7.11 Å². The van der Waals surface area contributed by atoms with Gasteiger partial charge in [-0.25, -0.2) is 0 Å². The van der Waals surface area contributed by atoms with Crippen LogP contribution in [-0.2, 0) is 4.79 Å². The lowest BCUT2D eigenvalue weighted by Crippen LogP contribution is -2.25. The number of ether oxygens (including phenoxy) is 1. The highest BCUT2D eigenvalue weighted by Crippen LogP contribution is 2.29. The Balaban J connectivity index is 1.75. The number of nitrogens with one attached hydrogen (secondary N) is 1. The maximum atomic E-state index is 10.9. The van der Waals surface area contributed by atoms with E-state index in [-0.39, 0.29) is 5.92 Å². The molecule has 0 saturated heterocycles. The van der Waals surface area contributed by atoms with Crippen LogP contribution in [0.25, 0.3) is 0 Å². The largest absolute Gasteiger partial charge is 0.497 e. The van der Waals surface area contributed by atoms with E-state index in [1.807, 2.05) is 24.3 Å². The average molecular weight is 263 g/mol. The molecule has 2 rings (SSSR count). The minimum Gasteiger partial charge on any atom is -0.497 e. The van der Waals surface area contributed by atoms with Gasteiger partial charge in [0.05, 0.1) is 13.0 Å². The van der Waals surface area contributed by atoms with Gasteiger partial charge in [0, 0.05) is 12.2 Å². The molecule has 0 heterocycles. The summed E-state index contributed by atoms with van der Waals surface area (Å²) in [7, 11) is 1.66. The fraction of sp³-hybridized carbons (Fsp3) is 0.533. The van der Waals surface area contributed by atoms with Crippen molar-refractivity contribution in [1.82, 2.24) is 0 Å². The number of anilines is 1. The van der Waals surface area contributed by atoms with Gasteiger partial charge in [-0.2, -0.15) is 0 Å². The van der Waals surface area contributed by atoms with E-state index in [0.29, 0.717) is 5.92 Å². The Morgan fingerprint density at radius 2 is 1.89 bits per heavy atom. The molecule has 0 radical (unpaired) electrons. The van der Waals surface area contributed by atoms with E-state index in [1.165, 1.54) is 0 Å². The lowest BCUT2D eigenvalue weighted by Gasteiger charge is -2.26. The maximum Gasteiger partial charge on any atom is 0.306 e. The highest BCUT2D eigenvalue weighted by atomic mass is 16.5. The summed E-state index contributed by atoms with van der Waals surface area (Å²) in [6.45, 7) is 0.915. The van der Waals surface area contributed by atoms with E-state index in [0.717, 1.165) is 43.7 Å². The van der Waals surface area contributed by atoms with E-state index in [4.69, 9.17) is 9.84 Å². The van der Waals surface area contributed by atoms with Gasteiger partial charge in [0.1, 0.15) is 5.75 Å². The van der Waals surface area contributed by atoms with Crippen molar-refractivity contribution in [1.29, 1.82) is 0 Å². The second-order valence-electron chi connectivity index (χ2n) is 5.17. The first-order chi connectivity index (χ1) is 9.19. The van der Waals surface area contributed by atoms with Gasteiger partial charge in [-0.3, -0.25) is 4.79 Å². The molecule has 0 atom stereocenters. The summed E-state index contributed by atoms with van der Waals surface area (Å²) in [6, 6.07) is 7.87. The fourth-order valence-electron chi connectivity index (χ4n) is 2.58. The molecule has 1 fully saturated rings. The van der Waals surface area contributed by atoms with E-state index < -0.39 is 5.97 Å². The van der Waals surface area contributed by atoms with Crippen LogP contribution in [0.5, 0.6) is 5.75 Å². The molecule has 0 spiro atoms. The quantitative estimate of drug-likeness (QED) is 0.857. The zero-order valence-electron chi connectivity index (χ0n) is 11.3. The molecule has 0 aromatic heterocycles. The molecule has 104 valence electrons. The lowest BCUT2D eigenvalue weighted by atomic mass is 9.82. The summed E-state index contributed by atoms with van der Waals surface area (Å²) < 4.78 is 5.11. The van der Waals surface area contributed by atoms with Crippen LogP contribution in [0, 0.1) is 11.8 Å². The van der Waals surface area contributed by atoms with Crippen LogP contribution in [0.2, 0.25) is 0 Å². The topological polar surface area (TPSA) is 58.6 Å². The van der Waals surface area contributed by atoms with E-state index in [9.17, 15) is 4.79 Å². The monoisotopic (exact) mass is 263 g/mol. The number of methoxy groups -OCH3 is 1. The Kier molecular flexibility index (Phi) is 4.66. The summed E-state index contributed by atoms with van der Waals surface area (Å²) >= 11 is 0. The number of carboxylic acids is 1. The highest BCUT2D eigenvalue weighted by Gasteiger charge is 2.25. The van der Waals surface area contributed by atoms with Crippen molar-refractivity contribution < 1.29 is 14.6 Å². The SMILES string of the molecule is COc1ccc(NCC2CCC(C(=O)O)CC2)cc1. The number of benzene rings is 1. The third-order valence-corrected chi connectivity index (χ3v) is 3.88. The molecule has 1 aliphatic carbocycles. The third-order valence-electron chi connectivity index (χ3n) is 3.88. The Labute approximate surface area is 113 Å². The van der Waals surface area contributed by atoms with Crippen molar-refractivity contribution in [3.8, 4) is 5.75 Å². The molecule has 19 heavy (non-hydrogen) atoms. The van der Waals surface area contributed by atoms with Crippen molar-refractivity contribution in [3.63, 3.8) is 0 Å². The van der Waals surface area contributed by atoms with Gasteiger partial charge in [-0.05, 0) is 55.9 Å². The predicted molar refractivity (Wildman–Crippen MR) is 74.6 cm³/mol. The first-order valence-corrected chi connectivity index (χ1v) is 6.79. The second kappa shape index (κ2) is 6.45. The fourth-order valence-corrected chi connectivity index (χ4v) is 2.58. The Bertz CT molecular complexity index is 408. The Hall–Kier alpha value is -1.71. The van der Waals surface area contributed by atoms with E-state index >= 15 is 0 Å². The molecular formula is C15H21NO3. The summed E-state index contributed by atoms with van der Waals surface area (Å²) in [5, 5.41) is 12.4. The van der Waals surface area contributed by atoms with Crippen LogP contribution in [0.3, 0.4) is 0 Å². The molecule has 0 bridgehead atoms.